The molecule has 4 saturated heterocycles. The first-order chi connectivity index (χ1) is 28.2. The highest BCUT2D eigenvalue weighted by Crippen LogP contribution is 2.39. The molecule has 0 aromatic heterocycles. The van der Waals surface area contributed by atoms with E-state index in [0.29, 0.717) is 0 Å². The topological polar surface area (TPSA) is 295 Å². The number of hydrogen-bond donors (Lipinski definition) is 1. The molecule has 0 unspecified atom stereocenters. The number of aliphatic hydroxyl groups is 1. The number of ether oxygens (including phenoxy) is 15. The lowest BCUT2D eigenvalue weighted by molar-refractivity contribution is -0.352. The van der Waals surface area contributed by atoms with Crippen molar-refractivity contribution in [1.29, 1.82) is 0 Å². The van der Waals surface area contributed by atoms with Gasteiger partial charge in [0.15, 0.2) is 67.9 Å². The van der Waals surface area contributed by atoms with Crippen LogP contribution in [0.3, 0.4) is 0 Å². The Bertz CT molecular complexity index is 1580. The van der Waals surface area contributed by atoms with Crippen molar-refractivity contribution in [3.05, 3.63) is 0 Å². The molecule has 16 atom stereocenters. The maximum absolute atomic E-state index is 12.7. The van der Waals surface area contributed by atoms with Crippen LogP contribution in [-0.4, -0.2) is 171 Å². The van der Waals surface area contributed by atoms with Crippen molar-refractivity contribution in [3.8, 4) is 0 Å². The van der Waals surface area contributed by atoms with Gasteiger partial charge in [0.2, 0.25) is 0 Å². The van der Waals surface area contributed by atoms with E-state index >= 15 is 0 Å². The number of carbonyl (C=O) groups excluding carboxylic acids is 8. The van der Waals surface area contributed by atoms with Crippen molar-refractivity contribution in [2.24, 2.45) is 0 Å². The molecule has 0 aromatic rings. The summed E-state index contributed by atoms with van der Waals surface area (Å²) in [4.78, 5) is 98.3. The number of esters is 8. The van der Waals surface area contributed by atoms with Crippen LogP contribution in [0.2, 0.25) is 0 Å². The van der Waals surface area contributed by atoms with Crippen molar-refractivity contribution >= 4 is 47.8 Å². The zero-order chi connectivity index (χ0) is 44.6. The molecule has 0 aliphatic carbocycles. The molecule has 24 nitrogen and oxygen atoms in total. The summed E-state index contributed by atoms with van der Waals surface area (Å²) in [5.41, 5.74) is 0. The van der Waals surface area contributed by atoms with Crippen LogP contribution in [0, 0.1) is 0 Å². The molecule has 4 rings (SSSR count). The lowest BCUT2D eigenvalue weighted by Gasteiger charge is -2.48. The number of carbonyl (C=O) groups is 8. The van der Waals surface area contributed by atoms with Crippen molar-refractivity contribution in [3.63, 3.8) is 0 Å². The summed E-state index contributed by atoms with van der Waals surface area (Å²) in [6, 6.07) is 0. The molecule has 1 N–H and O–H groups in total. The highest BCUT2D eigenvalue weighted by molar-refractivity contribution is 5.70. The normalized spacial score (nSPS) is 36.0. The Balaban J connectivity index is 1.74. The van der Waals surface area contributed by atoms with Gasteiger partial charge >= 0.3 is 47.8 Å². The Hall–Kier alpha value is -4.56. The van der Waals surface area contributed by atoms with Crippen LogP contribution in [-0.2, 0) is 109 Å². The van der Waals surface area contributed by atoms with E-state index in [9.17, 15) is 43.5 Å². The highest BCUT2D eigenvalue weighted by atomic mass is 16.8. The summed E-state index contributed by atoms with van der Waals surface area (Å²) < 4.78 is 85.8. The van der Waals surface area contributed by atoms with E-state index in [2.05, 4.69) is 0 Å². The molecule has 60 heavy (non-hydrogen) atoms. The van der Waals surface area contributed by atoms with Crippen molar-refractivity contribution in [2.75, 3.05) is 19.8 Å². The van der Waals surface area contributed by atoms with Crippen LogP contribution in [0.1, 0.15) is 62.3 Å². The number of aliphatic hydroxyl groups excluding tert-OH is 1. The quantitative estimate of drug-likeness (QED) is 0.143. The summed E-state index contributed by atoms with van der Waals surface area (Å²) in [6.07, 6.45) is -23.6. The molecule has 24 heteroatoms. The van der Waals surface area contributed by atoms with E-state index in [4.69, 9.17) is 71.1 Å². The predicted octanol–water partition coefficient (Wildman–Crippen LogP) is -1.60. The van der Waals surface area contributed by atoms with Crippen LogP contribution in [0.25, 0.3) is 0 Å². The lowest BCUT2D eigenvalue weighted by atomic mass is 9.96. The molecular formula is C36H50O24. The van der Waals surface area contributed by atoms with Gasteiger partial charge in [0.25, 0.3) is 0 Å². The van der Waals surface area contributed by atoms with Gasteiger partial charge in [0, 0.05) is 55.4 Å². The average molecular weight is 867 g/mol. The lowest BCUT2D eigenvalue weighted by Crippen LogP contribution is -2.66. The van der Waals surface area contributed by atoms with Crippen LogP contribution in [0.5, 0.6) is 0 Å². The predicted molar refractivity (Wildman–Crippen MR) is 185 cm³/mol. The summed E-state index contributed by atoms with van der Waals surface area (Å²) in [5, 5.41) is 10.2. The molecule has 4 fully saturated rings. The number of fused-ring (bicyclic) bond motifs is 1. The van der Waals surface area contributed by atoms with Crippen LogP contribution in [0.4, 0.5) is 0 Å². The maximum Gasteiger partial charge on any atom is 0.303 e. The third kappa shape index (κ3) is 12.7. The van der Waals surface area contributed by atoms with Crippen LogP contribution < -0.4 is 0 Å². The molecule has 0 radical (unpaired) electrons. The van der Waals surface area contributed by atoms with Crippen LogP contribution in [0.15, 0.2) is 0 Å². The average Bonchev–Trinajstić information content (AvgIpc) is 3.50. The zero-order valence-electron chi connectivity index (χ0n) is 34.2. The molecule has 4 aliphatic heterocycles. The summed E-state index contributed by atoms with van der Waals surface area (Å²) in [6.45, 7) is 7.94. The van der Waals surface area contributed by atoms with E-state index in [1.807, 2.05) is 0 Å². The fourth-order valence-corrected chi connectivity index (χ4v) is 6.98. The van der Waals surface area contributed by atoms with Gasteiger partial charge in [-0.15, -0.1) is 0 Å². The van der Waals surface area contributed by atoms with Crippen molar-refractivity contribution < 1.29 is 115 Å². The van der Waals surface area contributed by atoms with E-state index in [1.165, 1.54) is 6.92 Å². The van der Waals surface area contributed by atoms with Gasteiger partial charge < -0.3 is 76.2 Å². The Labute approximate surface area is 342 Å². The monoisotopic (exact) mass is 866 g/mol. The highest BCUT2D eigenvalue weighted by Gasteiger charge is 2.59. The Morgan fingerprint density at radius 3 is 1.30 bits per heavy atom. The molecule has 4 heterocycles. The summed E-state index contributed by atoms with van der Waals surface area (Å²) in [7, 11) is 0. The molecule has 0 saturated carbocycles. The van der Waals surface area contributed by atoms with Crippen molar-refractivity contribution in [1.82, 2.24) is 0 Å². The minimum absolute atomic E-state index is 0.579. The Morgan fingerprint density at radius 2 is 0.833 bits per heavy atom. The second kappa shape index (κ2) is 21.3. The molecule has 0 aromatic carbocycles. The van der Waals surface area contributed by atoms with E-state index in [1.54, 1.807) is 0 Å². The zero-order valence-corrected chi connectivity index (χ0v) is 34.2. The maximum atomic E-state index is 12.7. The minimum Gasteiger partial charge on any atom is -0.463 e. The van der Waals surface area contributed by atoms with Gasteiger partial charge in [-0.3, -0.25) is 38.4 Å². The standard InChI is InChI=1S/C36H50O24/c1-13(38)46-11-23-26(49-15(3)40)29(52-18(6)43)32(54-20(8)45)36(59-23)60-30-27(50-16(4)41)24(58-35-33(30)55-21(9)56-35)12-47-34-31(53-19(7)44)28(51-17(5)42)25(48-14(2)39)22(10-37)57-34/h21-37H,10-12H2,1-9H3/t21-,22+,23+,24+,25+,26+,27+,28-,29-,30-,31+,32+,33+,34+,35-,36-/m0/s1. The first-order valence-corrected chi connectivity index (χ1v) is 18.7. The first kappa shape index (κ1) is 48.1. The number of hydrogen-bond acceptors (Lipinski definition) is 24. The Morgan fingerprint density at radius 1 is 0.433 bits per heavy atom. The summed E-state index contributed by atoms with van der Waals surface area (Å²) in [5.74, 6) is -6.94. The van der Waals surface area contributed by atoms with E-state index in [-0.39, 0.29) is 0 Å². The van der Waals surface area contributed by atoms with Gasteiger partial charge in [-0.1, -0.05) is 0 Å². The second-order valence-electron chi connectivity index (χ2n) is 13.9. The van der Waals surface area contributed by atoms with Crippen molar-refractivity contribution in [2.45, 2.75) is 161 Å². The molecule has 338 valence electrons. The second-order valence-corrected chi connectivity index (χ2v) is 13.9. The smallest absolute Gasteiger partial charge is 0.303 e. The van der Waals surface area contributed by atoms with Gasteiger partial charge in [0.05, 0.1) is 13.2 Å². The molecule has 0 amide bonds. The fourth-order valence-electron chi connectivity index (χ4n) is 6.98. The Kier molecular flexibility index (Phi) is 17.1. The third-order valence-electron chi connectivity index (χ3n) is 8.91. The molecule has 0 spiro atoms. The van der Waals surface area contributed by atoms with Gasteiger partial charge in [-0.2, -0.15) is 0 Å². The van der Waals surface area contributed by atoms with E-state index in [0.717, 1.165) is 55.4 Å². The third-order valence-corrected chi connectivity index (χ3v) is 8.91. The number of rotatable bonds is 15. The minimum atomic E-state index is -1.78. The SMILES string of the molecule is CC(=O)OC[C@H]1O[C@@H](O[C@@H]2[C@H]3O[C@H](C)O[C@H]3O[C@H](CO[C@@H]3O[C@H](CO)[C@@H](OC(C)=O)[C@H](OC(C)=O)[C@H]3OC(C)=O)[C@H]2OC(C)=O)[C@H](OC(C)=O)[C@@H](OC(C)=O)[C@@H]1OC(C)=O. The molecule has 0 bridgehead atoms. The van der Waals surface area contributed by atoms with Gasteiger partial charge in [-0.05, 0) is 6.92 Å². The first-order valence-electron chi connectivity index (χ1n) is 18.7. The van der Waals surface area contributed by atoms with Gasteiger partial charge in [-0.25, -0.2) is 0 Å². The largest absolute Gasteiger partial charge is 0.463 e. The van der Waals surface area contributed by atoms with E-state index < -0.39 is 166 Å². The molecular weight excluding hydrogens is 816 g/mol. The van der Waals surface area contributed by atoms with Gasteiger partial charge in [0.1, 0.15) is 37.1 Å². The van der Waals surface area contributed by atoms with Crippen LogP contribution >= 0.6 is 0 Å². The summed E-state index contributed by atoms with van der Waals surface area (Å²) >= 11 is 0. The fraction of sp³-hybridized carbons (Fsp3) is 0.778. The molecule has 4 aliphatic rings.